The van der Waals surface area contributed by atoms with Crippen LogP contribution in [0.25, 0.3) is 11.7 Å². The van der Waals surface area contributed by atoms with Gasteiger partial charge in [0, 0.05) is 17.3 Å². The van der Waals surface area contributed by atoms with Crippen LogP contribution in [0.1, 0.15) is 48.8 Å². The second-order valence-corrected chi connectivity index (χ2v) is 8.92. The van der Waals surface area contributed by atoms with Gasteiger partial charge in [0.25, 0.3) is 11.5 Å². The van der Waals surface area contributed by atoms with Crippen LogP contribution < -0.4 is 15.6 Å². The fourth-order valence-electron chi connectivity index (χ4n) is 4.09. The summed E-state index contributed by atoms with van der Waals surface area (Å²) in [5.41, 5.74) is 1.42. The molecule has 1 aliphatic carbocycles. The molecule has 2 aromatic heterocycles. The smallest absolute Gasteiger partial charge is 0.269 e. The number of amides is 1. The van der Waals surface area contributed by atoms with Crippen LogP contribution in [-0.4, -0.2) is 21.3 Å². The van der Waals surface area contributed by atoms with E-state index >= 15 is 0 Å². The predicted octanol–water partition coefficient (Wildman–Crippen LogP) is 5.11. The van der Waals surface area contributed by atoms with Crippen LogP contribution in [-0.2, 0) is 4.79 Å². The van der Waals surface area contributed by atoms with Gasteiger partial charge in [-0.1, -0.05) is 36.9 Å². The van der Waals surface area contributed by atoms with Gasteiger partial charge in [0.15, 0.2) is 0 Å². The Bertz CT molecular complexity index is 1380. The first kappa shape index (κ1) is 23.5. The number of nitrogens with one attached hydrogen (secondary N) is 1. The van der Waals surface area contributed by atoms with E-state index in [9.17, 15) is 14.9 Å². The summed E-state index contributed by atoms with van der Waals surface area (Å²) in [7, 11) is 0. The molecule has 4 rings (SSSR count). The lowest BCUT2D eigenvalue weighted by Gasteiger charge is -2.22. The molecule has 1 N–H and O–H groups in total. The van der Waals surface area contributed by atoms with Gasteiger partial charge in [-0.25, -0.2) is 0 Å². The number of hydrogen-bond donors (Lipinski definition) is 1. The first-order valence-corrected chi connectivity index (χ1v) is 11.6. The van der Waals surface area contributed by atoms with E-state index in [-0.39, 0.29) is 23.1 Å². The number of rotatable bonds is 5. The van der Waals surface area contributed by atoms with Crippen molar-refractivity contribution in [2.45, 2.75) is 52.0 Å². The normalized spacial score (nSPS) is 14.6. The van der Waals surface area contributed by atoms with Gasteiger partial charge in [0.1, 0.15) is 28.6 Å². The van der Waals surface area contributed by atoms with Crippen molar-refractivity contribution in [3.63, 3.8) is 0 Å². The number of fused-ring (bicyclic) bond motifs is 1. The summed E-state index contributed by atoms with van der Waals surface area (Å²) in [6.07, 6.45) is 7.87. The molecule has 0 spiro atoms. The largest absolute Gasteiger partial charge is 0.438 e. The number of aryl methyl sites for hydroxylation is 2. The van der Waals surface area contributed by atoms with Crippen molar-refractivity contribution in [1.29, 1.82) is 5.26 Å². The van der Waals surface area contributed by atoms with Crippen LogP contribution in [0.3, 0.4) is 0 Å². The number of nitriles is 1. The minimum absolute atomic E-state index is 0.0132. The van der Waals surface area contributed by atoms with Crippen LogP contribution in [0.2, 0.25) is 5.02 Å². The van der Waals surface area contributed by atoms with Gasteiger partial charge in [0.05, 0.1) is 0 Å². The molecule has 1 fully saturated rings. The zero-order valence-corrected chi connectivity index (χ0v) is 19.9. The Morgan fingerprint density at radius 1 is 1.24 bits per heavy atom. The Labute approximate surface area is 202 Å². The molecule has 8 heteroatoms. The molecule has 174 valence electrons. The van der Waals surface area contributed by atoms with Gasteiger partial charge >= 0.3 is 0 Å². The Balaban J connectivity index is 1.80. The molecular formula is C26H25ClN4O3. The fraction of sp³-hybridized carbons (Fsp3) is 0.308. The van der Waals surface area contributed by atoms with Crippen LogP contribution in [0, 0.1) is 25.2 Å². The minimum atomic E-state index is -0.503. The number of hydrogen-bond acceptors (Lipinski definition) is 5. The number of carbonyl (C=O) groups is 1. The molecular weight excluding hydrogens is 452 g/mol. The maximum absolute atomic E-state index is 13.4. The lowest BCUT2D eigenvalue weighted by Crippen LogP contribution is -2.36. The molecule has 3 aromatic rings. The first-order valence-electron chi connectivity index (χ1n) is 11.3. The highest BCUT2D eigenvalue weighted by atomic mass is 35.5. The first-order chi connectivity index (χ1) is 16.4. The van der Waals surface area contributed by atoms with Crippen molar-refractivity contribution in [2.24, 2.45) is 0 Å². The number of halogens is 1. The predicted molar refractivity (Wildman–Crippen MR) is 131 cm³/mol. The Morgan fingerprint density at radius 2 is 2.00 bits per heavy atom. The van der Waals surface area contributed by atoms with Gasteiger partial charge in [-0.05, 0) is 68.2 Å². The summed E-state index contributed by atoms with van der Waals surface area (Å²) in [5, 5.41) is 13.2. The standard InChI is InChI=1S/C26H25ClN4O3/c1-16-7-6-12-31-23(16)30-25(34-20-10-11-22(27)17(2)13-20)21(26(31)33)14-18(15-28)24(32)29-19-8-4-3-5-9-19/h6-7,10-14,19H,3-5,8-9H2,1-2H3,(H,29,32)/b18-14+. The molecule has 1 saturated carbocycles. The van der Waals surface area contributed by atoms with E-state index in [4.69, 9.17) is 16.3 Å². The molecule has 1 aromatic carbocycles. The van der Waals surface area contributed by atoms with Crippen molar-refractivity contribution >= 4 is 29.2 Å². The van der Waals surface area contributed by atoms with E-state index in [0.29, 0.717) is 16.4 Å². The fourth-order valence-corrected chi connectivity index (χ4v) is 4.21. The van der Waals surface area contributed by atoms with Gasteiger partial charge in [-0.15, -0.1) is 0 Å². The maximum atomic E-state index is 13.4. The minimum Gasteiger partial charge on any atom is -0.438 e. The second kappa shape index (κ2) is 10.1. The highest BCUT2D eigenvalue weighted by Crippen LogP contribution is 2.28. The third kappa shape index (κ3) is 4.97. The molecule has 0 bridgehead atoms. The SMILES string of the molecule is Cc1cc(Oc2nc3c(C)cccn3c(=O)c2/C=C(\C#N)C(=O)NC2CCCCC2)ccc1Cl. The molecule has 1 amide bonds. The molecule has 0 aliphatic heterocycles. The van der Waals surface area contributed by atoms with Crippen LogP contribution >= 0.6 is 11.6 Å². The third-order valence-corrected chi connectivity index (χ3v) is 6.41. The van der Waals surface area contributed by atoms with E-state index in [1.54, 1.807) is 30.5 Å². The van der Waals surface area contributed by atoms with Crippen molar-refractivity contribution in [3.05, 3.63) is 74.2 Å². The lowest BCUT2D eigenvalue weighted by molar-refractivity contribution is -0.117. The summed E-state index contributed by atoms with van der Waals surface area (Å²) >= 11 is 6.13. The lowest BCUT2D eigenvalue weighted by atomic mass is 9.95. The average molecular weight is 477 g/mol. The van der Waals surface area contributed by atoms with Crippen molar-refractivity contribution in [2.75, 3.05) is 0 Å². The van der Waals surface area contributed by atoms with E-state index in [2.05, 4.69) is 10.3 Å². The average Bonchev–Trinajstić information content (AvgIpc) is 2.82. The molecule has 2 heterocycles. The third-order valence-electron chi connectivity index (χ3n) is 5.99. The van der Waals surface area contributed by atoms with Gasteiger partial charge in [-0.3, -0.25) is 14.0 Å². The Morgan fingerprint density at radius 3 is 2.71 bits per heavy atom. The molecule has 0 unspecified atom stereocenters. The van der Waals surface area contributed by atoms with Crippen molar-refractivity contribution < 1.29 is 9.53 Å². The molecule has 0 radical (unpaired) electrons. The number of carbonyl (C=O) groups excluding carboxylic acids is 1. The van der Waals surface area contributed by atoms with Crippen LogP contribution in [0.5, 0.6) is 11.6 Å². The second-order valence-electron chi connectivity index (χ2n) is 8.51. The monoisotopic (exact) mass is 476 g/mol. The number of ether oxygens (including phenoxy) is 1. The summed E-state index contributed by atoms with van der Waals surface area (Å²) in [5.74, 6) is -0.0535. The maximum Gasteiger partial charge on any atom is 0.269 e. The zero-order chi connectivity index (χ0) is 24.2. The zero-order valence-electron chi connectivity index (χ0n) is 19.1. The van der Waals surface area contributed by atoms with Gasteiger partial charge in [0.2, 0.25) is 5.88 Å². The number of nitrogens with zero attached hydrogens (tertiary/aromatic N) is 3. The molecule has 34 heavy (non-hydrogen) atoms. The summed E-state index contributed by atoms with van der Waals surface area (Å²) < 4.78 is 7.38. The Kier molecular flexibility index (Phi) is 6.99. The molecule has 1 aliphatic rings. The van der Waals surface area contributed by atoms with E-state index < -0.39 is 11.5 Å². The molecule has 0 saturated heterocycles. The summed E-state index contributed by atoms with van der Waals surface area (Å²) in [4.78, 5) is 30.8. The quantitative estimate of drug-likeness (QED) is 0.407. The highest BCUT2D eigenvalue weighted by molar-refractivity contribution is 6.31. The van der Waals surface area contributed by atoms with Gasteiger partial charge in [-0.2, -0.15) is 10.2 Å². The van der Waals surface area contributed by atoms with Crippen LogP contribution in [0.4, 0.5) is 0 Å². The molecule has 0 atom stereocenters. The summed E-state index contributed by atoms with van der Waals surface area (Å²) in [6, 6.07) is 10.6. The van der Waals surface area contributed by atoms with Crippen LogP contribution in [0.15, 0.2) is 46.9 Å². The number of pyridine rings is 1. The van der Waals surface area contributed by atoms with E-state index in [1.807, 2.05) is 26.0 Å². The number of benzene rings is 1. The topological polar surface area (TPSA) is 96.5 Å². The van der Waals surface area contributed by atoms with Crippen molar-refractivity contribution in [3.8, 4) is 17.7 Å². The van der Waals surface area contributed by atoms with E-state index in [0.717, 1.165) is 43.2 Å². The van der Waals surface area contributed by atoms with Gasteiger partial charge < -0.3 is 10.1 Å². The summed E-state index contributed by atoms with van der Waals surface area (Å²) in [6.45, 7) is 3.68. The number of aromatic nitrogens is 2. The van der Waals surface area contributed by atoms with Crippen molar-refractivity contribution in [1.82, 2.24) is 14.7 Å². The highest BCUT2D eigenvalue weighted by Gasteiger charge is 2.21. The molecule has 7 nitrogen and oxygen atoms in total. The Hall–Kier alpha value is -3.63. The van der Waals surface area contributed by atoms with E-state index in [1.165, 1.54) is 10.5 Å².